The fourth-order valence-corrected chi connectivity index (χ4v) is 2.02. The van der Waals surface area contributed by atoms with E-state index in [1.54, 1.807) is 25.5 Å². The van der Waals surface area contributed by atoms with Gasteiger partial charge in [0.2, 0.25) is 0 Å². The molecule has 0 aliphatic heterocycles. The molecule has 0 amide bonds. The second kappa shape index (κ2) is 7.64. The molecule has 0 aliphatic rings. The van der Waals surface area contributed by atoms with Crippen molar-refractivity contribution in [2.75, 3.05) is 19.1 Å². The smallest absolute Gasteiger partial charge is 0.287 e. The highest BCUT2D eigenvalue weighted by atomic mass is 35.5. The summed E-state index contributed by atoms with van der Waals surface area (Å²) in [6, 6.07) is 5.43. The SMILES string of the molecule is CCOc1ccc(/C=N\Nc2cnn(C)c(=O)c2Cl)cc1OC. The van der Waals surface area contributed by atoms with Crippen molar-refractivity contribution in [3.8, 4) is 11.5 Å². The molecule has 0 fully saturated rings. The van der Waals surface area contributed by atoms with Crippen LogP contribution in [0.5, 0.6) is 11.5 Å². The van der Waals surface area contributed by atoms with E-state index in [0.717, 1.165) is 10.2 Å². The van der Waals surface area contributed by atoms with Crippen molar-refractivity contribution in [2.24, 2.45) is 12.1 Å². The van der Waals surface area contributed by atoms with E-state index in [9.17, 15) is 4.79 Å². The molecule has 2 aromatic rings. The van der Waals surface area contributed by atoms with Crippen LogP contribution < -0.4 is 20.5 Å². The molecule has 0 radical (unpaired) electrons. The number of hydrazone groups is 1. The first kappa shape index (κ1) is 16.8. The number of ether oxygens (including phenoxy) is 2. The number of rotatable bonds is 6. The number of hydrogen-bond acceptors (Lipinski definition) is 6. The average molecular weight is 337 g/mol. The average Bonchev–Trinajstić information content (AvgIpc) is 2.56. The molecule has 0 saturated carbocycles. The Morgan fingerprint density at radius 1 is 1.43 bits per heavy atom. The standard InChI is InChI=1S/C15H17ClN4O3/c1-4-23-12-6-5-10(7-13(12)22-3)8-17-19-11-9-18-20(2)15(21)14(11)16/h5-9,19H,4H2,1-3H3/b17-8-. The molecule has 1 heterocycles. The number of anilines is 1. The number of methoxy groups -OCH3 is 1. The number of nitrogens with zero attached hydrogens (tertiary/aromatic N) is 3. The molecule has 0 saturated heterocycles. The minimum Gasteiger partial charge on any atom is -0.493 e. The zero-order valence-electron chi connectivity index (χ0n) is 13.0. The predicted octanol–water partition coefficient (Wildman–Crippen LogP) is 2.29. The summed E-state index contributed by atoms with van der Waals surface area (Å²) in [5.41, 5.74) is 3.44. The maximum Gasteiger partial charge on any atom is 0.287 e. The fourth-order valence-electron chi connectivity index (χ4n) is 1.80. The Hall–Kier alpha value is -2.54. The molecular weight excluding hydrogens is 320 g/mol. The highest BCUT2D eigenvalue weighted by Crippen LogP contribution is 2.27. The van der Waals surface area contributed by atoms with Gasteiger partial charge in [0.25, 0.3) is 5.56 Å². The van der Waals surface area contributed by atoms with Gasteiger partial charge in [0.1, 0.15) is 10.7 Å². The van der Waals surface area contributed by atoms with Gasteiger partial charge in [-0.2, -0.15) is 10.2 Å². The Balaban J connectivity index is 2.15. The maximum atomic E-state index is 11.7. The van der Waals surface area contributed by atoms with Gasteiger partial charge in [-0.25, -0.2) is 4.68 Å². The number of hydrogen-bond donors (Lipinski definition) is 1. The molecule has 7 nitrogen and oxygen atoms in total. The molecule has 1 aromatic heterocycles. The third-order valence-corrected chi connectivity index (χ3v) is 3.33. The molecular formula is C15H17ClN4O3. The Morgan fingerprint density at radius 2 is 2.22 bits per heavy atom. The summed E-state index contributed by atoms with van der Waals surface area (Å²) in [5, 5.41) is 7.95. The third-order valence-electron chi connectivity index (χ3n) is 2.96. The van der Waals surface area contributed by atoms with Gasteiger partial charge >= 0.3 is 0 Å². The van der Waals surface area contributed by atoms with Gasteiger partial charge in [-0.3, -0.25) is 10.2 Å². The van der Waals surface area contributed by atoms with Gasteiger partial charge in [0.15, 0.2) is 11.5 Å². The van der Waals surface area contributed by atoms with Crippen LogP contribution >= 0.6 is 11.6 Å². The molecule has 0 aliphatic carbocycles. The normalized spacial score (nSPS) is 10.8. The molecule has 1 N–H and O–H groups in total. The minimum atomic E-state index is -0.394. The lowest BCUT2D eigenvalue weighted by Gasteiger charge is -2.09. The van der Waals surface area contributed by atoms with Crippen molar-refractivity contribution in [3.05, 3.63) is 45.3 Å². The topological polar surface area (TPSA) is 77.7 Å². The van der Waals surface area contributed by atoms with Crippen LogP contribution in [0.1, 0.15) is 12.5 Å². The summed E-state index contributed by atoms with van der Waals surface area (Å²) in [6.45, 7) is 2.46. The quantitative estimate of drug-likeness (QED) is 0.647. The first-order valence-corrected chi connectivity index (χ1v) is 7.26. The summed E-state index contributed by atoms with van der Waals surface area (Å²) in [6.07, 6.45) is 3.01. The van der Waals surface area contributed by atoms with Crippen LogP contribution in [0, 0.1) is 0 Å². The number of aromatic nitrogens is 2. The van der Waals surface area contributed by atoms with E-state index in [1.807, 2.05) is 13.0 Å². The number of aryl methyl sites for hydroxylation is 1. The highest BCUT2D eigenvalue weighted by molar-refractivity contribution is 6.32. The molecule has 0 bridgehead atoms. The second-order valence-corrected chi connectivity index (χ2v) is 4.89. The van der Waals surface area contributed by atoms with E-state index in [0.29, 0.717) is 23.8 Å². The number of benzene rings is 1. The van der Waals surface area contributed by atoms with Crippen LogP contribution in [-0.2, 0) is 7.05 Å². The van der Waals surface area contributed by atoms with Crippen molar-refractivity contribution in [1.82, 2.24) is 9.78 Å². The van der Waals surface area contributed by atoms with Crippen molar-refractivity contribution >= 4 is 23.5 Å². The first-order chi connectivity index (χ1) is 11.1. The molecule has 0 atom stereocenters. The molecule has 0 unspecified atom stereocenters. The van der Waals surface area contributed by atoms with Crippen LogP contribution in [0.2, 0.25) is 5.02 Å². The summed E-state index contributed by atoms with van der Waals surface area (Å²) >= 11 is 5.94. The van der Waals surface area contributed by atoms with E-state index >= 15 is 0 Å². The Morgan fingerprint density at radius 3 is 2.91 bits per heavy atom. The number of halogens is 1. The van der Waals surface area contributed by atoms with Crippen LogP contribution in [0.4, 0.5) is 5.69 Å². The van der Waals surface area contributed by atoms with Crippen molar-refractivity contribution in [1.29, 1.82) is 0 Å². The van der Waals surface area contributed by atoms with Gasteiger partial charge in [0.05, 0.1) is 26.1 Å². The van der Waals surface area contributed by atoms with E-state index in [4.69, 9.17) is 21.1 Å². The van der Waals surface area contributed by atoms with Gasteiger partial charge in [0, 0.05) is 7.05 Å². The van der Waals surface area contributed by atoms with Gasteiger partial charge in [-0.15, -0.1) is 0 Å². The van der Waals surface area contributed by atoms with Crippen LogP contribution in [0.15, 0.2) is 34.3 Å². The van der Waals surface area contributed by atoms with Crippen molar-refractivity contribution in [2.45, 2.75) is 6.92 Å². The monoisotopic (exact) mass is 336 g/mol. The van der Waals surface area contributed by atoms with Gasteiger partial charge < -0.3 is 9.47 Å². The second-order valence-electron chi connectivity index (χ2n) is 4.51. The minimum absolute atomic E-state index is 0.0314. The molecule has 0 spiro atoms. The van der Waals surface area contributed by atoms with Gasteiger partial charge in [-0.05, 0) is 30.7 Å². The predicted molar refractivity (Wildman–Crippen MR) is 89.9 cm³/mol. The Labute approximate surface area is 138 Å². The van der Waals surface area contributed by atoms with E-state index < -0.39 is 5.56 Å². The van der Waals surface area contributed by atoms with E-state index in [2.05, 4.69) is 15.6 Å². The van der Waals surface area contributed by atoms with Crippen LogP contribution in [0.3, 0.4) is 0 Å². The fraction of sp³-hybridized carbons (Fsp3) is 0.267. The molecule has 122 valence electrons. The van der Waals surface area contributed by atoms with Gasteiger partial charge in [-0.1, -0.05) is 11.6 Å². The van der Waals surface area contributed by atoms with Crippen molar-refractivity contribution < 1.29 is 9.47 Å². The highest BCUT2D eigenvalue weighted by Gasteiger charge is 2.06. The number of nitrogens with one attached hydrogen (secondary N) is 1. The largest absolute Gasteiger partial charge is 0.493 e. The molecule has 1 aromatic carbocycles. The lowest BCUT2D eigenvalue weighted by molar-refractivity contribution is 0.311. The maximum absolute atomic E-state index is 11.7. The molecule has 8 heteroatoms. The zero-order chi connectivity index (χ0) is 16.8. The third kappa shape index (κ3) is 4.01. The van der Waals surface area contributed by atoms with Crippen molar-refractivity contribution in [3.63, 3.8) is 0 Å². The van der Waals surface area contributed by atoms with Crippen LogP contribution in [-0.4, -0.2) is 29.7 Å². The first-order valence-electron chi connectivity index (χ1n) is 6.88. The summed E-state index contributed by atoms with van der Waals surface area (Å²) < 4.78 is 11.9. The lowest BCUT2D eigenvalue weighted by Crippen LogP contribution is -2.20. The Kier molecular flexibility index (Phi) is 5.59. The lowest BCUT2D eigenvalue weighted by atomic mass is 10.2. The summed E-state index contributed by atoms with van der Waals surface area (Å²) in [5.74, 6) is 1.28. The zero-order valence-corrected chi connectivity index (χ0v) is 13.8. The Bertz CT molecular complexity index is 774. The van der Waals surface area contributed by atoms with E-state index in [-0.39, 0.29) is 5.02 Å². The summed E-state index contributed by atoms with van der Waals surface area (Å²) in [4.78, 5) is 11.7. The molecule has 23 heavy (non-hydrogen) atoms. The summed E-state index contributed by atoms with van der Waals surface area (Å²) in [7, 11) is 3.09. The molecule has 2 rings (SSSR count). The van der Waals surface area contributed by atoms with E-state index in [1.165, 1.54) is 13.2 Å². The van der Waals surface area contributed by atoms with Crippen LogP contribution in [0.25, 0.3) is 0 Å².